The maximum Gasteiger partial charge on any atom is 0.264 e. The zero-order chi connectivity index (χ0) is 27.3. The highest BCUT2D eigenvalue weighted by molar-refractivity contribution is 7.92. The van der Waals surface area contributed by atoms with Crippen molar-refractivity contribution in [2.75, 3.05) is 17.9 Å². The molecule has 0 saturated heterocycles. The van der Waals surface area contributed by atoms with Gasteiger partial charge in [-0.2, -0.15) is 0 Å². The van der Waals surface area contributed by atoms with Gasteiger partial charge in [0.05, 0.1) is 10.6 Å². The van der Waals surface area contributed by atoms with E-state index in [1.54, 1.807) is 62.4 Å². The quantitative estimate of drug-likeness (QED) is 0.399. The van der Waals surface area contributed by atoms with Gasteiger partial charge in [0.15, 0.2) is 0 Å². The largest absolute Gasteiger partial charge is 0.357 e. The van der Waals surface area contributed by atoms with Gasteiger partial charge in [0, 0.05) is 29.2 Å². The average Bonchev–Trinajstić information content (AvgIpc) is 2.88. The smallest absolute Gasteiger partial charge is 0.264 e. The number of hydrogen-bond donors (Lipinski definition) is 1. The number of amides is 2. The van der Waals surface area contributed by atoms with Crippen LogP contribution in [0.3, 0.4) is 0 Å². The van der Waals surface area contributed by atoms with Gasteiger partial charge in [-0.1, -0.05) is 59.6 Å². The molecule has 37 heavy (non-hydrogen) atoms. The van der Waals surface area contributed by atoms with Crippen molar-refractivity contribution in [1.29, 1.82) is 0 Å². The van der Waals surface area contributed by atoms with E-state index in [4.69, 9.17) is 23.2 Å². The molecule has 196 valence electrons. The molecule has 0 spiro atoms. The van der Waals surface area contributed by atoms with Gasteiger partial charge in [-0.3, -0.25) is 13.9 Å². The number of carbonyl (C=O) groups excluding carboxylic acids is 2. The first kappa shape index (κ1) is 28.5. The lowest BCUT2D eigenvalue weighted by Crippen LogP contribution is -2.50. The zero-order valence-corrected chi connectivity index (χ0v) is 23.4. The third-order valence-corrected chi connectivity index (χ3v) is 8.74. The summed E-state index contributed by atoms with van der Waals surface area (Å²) < 4.78 is 28.7. The van der Waals surface area contributed by atoms with Gasteiger partial charge in [0.1, 0.15) is 12.6 Å². The van der Waals surface area contributed by atoms with Crippen molar-refractivity contribution in [3.63, 3.8) is 0 Å². The molecule has 0 aliphatic rings. The Balaban J connectivity index is 2.10. The molecule has 10 heteroatoms. The highest BCUT2D eigenvalue weighted by atomic mass is 35.5. The summed E-state index contributed by atoms with van der Waals surface area (Å²) in [6.07, 6.45) is 0. The Morgan fingerprint density at radius 2 is 1.51 bits per heavy atom. The van der Waals surface area contributed by atoms with Gasteiger partial charge in [-0.05, 0) is 62.2 Å². The van der Waals surface area contributed by atoms with E-state index in [1.165, 1.54) is 24.1 Å². The first-order valence-corrected chi connectivity index (χ1v) is 13.8. The molecule has 0 aliphatic heterocycles. The first-order chi connectivity index (χ1) is 17.5. The molecule has 1 N–H and O–H groups in total. The SMILES string of the molecule is CNC(=O)[C@H](C)N(Cc1c(Cl)cccc1Cl)C(=O)CN(c1cccc(C)c1C)S(=O)(=O)c1ccccc1. The minimum Gasteiger partial charge on any atom is -0.357 e. The lowest BCUT2D eigenvalue weighted by molar-refractivity contribution is -0.139. The molecule has 0 fully saturated rings. The number of nitrogens with zero attached hydrogens (tertiary/aromatic N) is 2. The highest BCUT2D eigenvalue weighted by Crippen LogP contribution is 2.30. The molecular weight excluding hydrogens is 533 g/mol. The Bertz CT molecular complexity index is 1380. The summed E-state index contributed by atoms with van der Waals surface area (Å²) in [5, 5.41) is 3.20. The zero-order valence-electron chi connectivity index (χ0n) is 21.0. The molecule has 1 atom stereocenters. The fraction of sp³-hybridized carbons (Fsp3) is 0.259. The number of sulfonamides is 1. The second-order valence-corrected chi connectivity index (χ2v) is 11.2. The Labute approximate surface area is 228 Å². The third kappa shape index (κ3) is 6.26. The number of benzene rings is 3. The molecular formula is C27H29Cl2N3O4S. The Kier molecular flexibility index (Phi) is 9.23. The average molecular weight is 563 g/mol. The predicted octanol–water partition coefficient (Wildman–Crippen LogP) is 4.97. The minimum absolute atomic E-state index is 0.0451. The van der Waals surface area contributed by atoms with Crippen LogP contribution in [0.1, 0.15) is 23.6 Å². The van der Waals surface area contributed by atoms with Crippen LogP contribution in [-0.2, 0) is 26.2 Å². The molecule has 3 aromatic rings. The van der Waals surface area contributed by atoms with Gasteiger partial charge < -0.3 is 10.2 Å². The van der Waals surface area contributed by atoms with Gasteiger partial charge >= 0.3 is 0 Å². The van der Waals surface area contributed by atoms with Gasteiger partial charge in [0.2, 0.25) is 11.8 Å². The van der Waals surface area contributed by atoms with Crippen LogP contribution in [0.5, 0.6) is 0 Å². The number of aryl methyl sites for hydroxylation is 1. The number of anilines is 1. The van der Waals surface area contributed by atoms with Crippen molar-refractivity contribution in [2.24, 2.45) is 0 Å². The number of hydrogen-bond acceptors (Lipinski definition) is 4. The molecule has 0 aromatic heterocycles. The van der Waals surface area contributed by atoms with E-state index in [2.05, 4.69) is 5.32 Å². The minimum atomic E-state index is -4.13. The van der Waals surface area contributed by atoms with Crippen LogP contribution in [0.2, 0.25) is 10.0 Å². The van der Waals surface area contributed by atoms with E-state index in [0.29, 0.717) is 21.3 Å². The predicted molar refractivity (Wildman–Crippen MR) is 147 cm³/mol. The monoisotopic (exact) mass is 561 g/mol. The maximum absolute atomic E-state index is 13.8. The van der Waals surface area contributed by atoms with Gasteiger partial charge in [0.25, 0.3) is 10.0 Å². The van der Waals surface area contributed by atoms with Crippen LogP contribution in [0.15, 0.2) is 71.6 Å². The Hall–Kier alpha value is -3.07. The van der Waals surface area contributed by atoms with Crippen LogP contribution in [-0.4, -0.2) is 44.8 Å². The summed E-state index contributed by atoms with van der Waals surface area (Å²) in [5.74, 6) is -1.01. The third-order valence-electron chi connectivity index (χ3n) is 6.26. The lowest BCUT2D eigenvalue weighted by atomic mass is 10.1. The molecule has 0 heterocycles. The van der Waals surface area contributed by atoms with Crippen molar-refractivity contribution >= 4 is 50.7 Å². The van der Waals surface area contributed by atoms with Crippen molar-refractivity contribution < 1.29 is 18.0 Å². The van der Waals surface area contributed by atoms with Crippen molar-refractivity contribution in [3.05, 3.63) is 93.5 Å². The number of rotatable bonds is 9. The summed E-state index contributed by atoms with van der Waals surface area (Å²) in [6, 6.07) is 17.2. The fourth-order valence-corrected chi connectivity index (χ4v) is 5.89. The van der Waals surface area contributed by atoms with E-state index in [-0.39, 0.29) is 11.4 Å². The lowest BCUT2D eigenvalue weighted by Gasteiger charge is -2.32. The van der Waals surface area contributed by atoms with Crippen LogP contribution >= 0.6 is 23.2 Å². The summed E-state index contributed by atoms with van der Waals surface area (Å²) in [4.78, 5) is 27.8. The number of halogens is 2. The standard InChI is InChI=1S/C27H29Cl2N3O4S/c1-18-10-8-15-25(19(18)2)32(37(35,36)21-11-6-5-7-12-21)17-26(33)31(20(3)27(34)30-4)16-22-23(28)13-9-14-24(22)29/h5-15,20H,16-17H2,1-4H3,(H,30,34)/t20-/m0/s1. The van der Waals surface area contributed by atoms with E-state index < -0.39 is 34.4 Å². The Morgan fingerprint density at radius 3 is 2.11 bits per heavy atom. The van der Waals surface area contributed by atoms with Crippen LogP contribution in [0.4, 0.5) is 5.69 Å². The number of nitrogens with one attached hydrogen (secondary N) is 1. The summed E-state index contributed by atoms with van der Waals surface area (Å²) >= 11 is 12.7. The molecule has 7 nitrogen and oxygen atoms in total. The van der Waals surface area contributed by atoms with Gasteiger partial charge in [-0.15, -0.1) is 0 Å². The first-order valence-electron chi connectivity index (χ1n) is 11.6. The second-order valence-electron chi connectivity index (χ2n) is 8.56. The molecule has 0 radical (unpaired) electrons. The van der Waals surface area contributed by atoms with Crippen molar-refractivity contribution in [2.45, 2.75) is 38.3 Å². The van der Waals surface area contributed by atoms with Crippen LogP contribution < -0.4 is 9.62 Å². The van der Waals surface area contributed by atoms with Crippen LogP contribution in [0, 0.1) is 13.8 Å². The van der Waals surface area contributed by atoms with E-state index in [0.717, 1.165) is 15.4 Å². The second kappa shape index (κ2) is 12.0. The number of likely N-dealkylation sites (N-methyl/N-ethyl adjacent to an activating group) is 1. The van der Waals surface area contributed by atoms with E-state index in [9.17, 15) is 18.0 Å². The number of carbonyl (C=O) groups is 2. The Morgan fingerprint density at radius 1 is 0.919 bits per heavy atom. The normalized spacial score (nSPS) is 12.1. The topological polar surface area (TPSA) is 86.8 Å². The molecule has 3 rings (SSSR count). The highest BCUT2D eigenvalue weighted by Gasteiger charge is 2.33. The summed E-state index contributed by atoms with van der Waals surface area (Å²) in [5.41, 5.74) is 2.42. The fourth-order valence-electron chi connectivity index (χ4n) is 3.88. The maximum atomic E-state index is 13.8. The molecule has 0 bridgehead atoms. The molecule has 0 unspecified atom stereocenters. The van der Waals surface area contributed by atoms with Crippen molar-refractivity contribution in [1.82, 2.24) is 10.2 Å². The molecule has 2 amide bonds. The summed E-state index contributed by atoms with van der Waals surface area (Å²) in [6.45, 7) is 4.61. The summed E-state index contributed by atoms with van der Waals surface area (Å²) in [7, 11) is -2.66. The van der Waals surface area contributed by atoms with Crippen molar-refractivity contribution in [3.8, 4) is 0 Å². The van der Waals surface area contributed by atoms with E-state index >= 15 is 0 Å². The molecule has 3 aromatic carbocycles. The van der Waals surface area contributed by atoms with E-state index in [1.807, 2.05) is 13.0 Å². The molecule has 0 saturated carbocycles. The van der Waals surface area contributed by atoms with Gasteiger partial charge in [-0.25, -0.2) is 8.42 Å². The molecule has 0 aliphatic carbocycles. The van der Waals surface area contributed by atoms with Crippen LogP contribution in [0.25, 0.3) is 0 Å².